The molecule has 2 aromatic rings. The predicted octanol–water partition coefficient (Wildman–Crippen LogP) is 2.40. The molecule has 7 heteroatoms. The van der Waals surface area contributed by atoms with Crippen LogP contribution in [0.25, 0.3) is 0 Å². The Morgan fingerprint density at radius 2 is 1.87 bits per heavy atom. The van der Waals surface area contributed by atoms with Gasteiger partial charge in [-0.05, 0) is 49.9 Å². The minimum Gasteiger partial charge on any atom is -0.375 e. The highest BCUT2D eigenvalue weighted by molar-refractivity contribution is 5.92. The highest BCUT2D eigenvalue weighted by atomic mass is 16.5. The molecular weight excluding hydrogens is 390 g/mol. The summed E-state index contributed by atoms with van der Waals surface area (Å²) in [5, 5.41) is 0. The van der Waals surface area contributed by atoms with Crippen molar-refractivity contribution in [1.29, 1.82) is 0 Å². The molecule has 1 amide bonds. The van der Waals surface area contributed by atoms with Crippen molar-refractivity contribution in [2.24, 2.45) is 7.05 Å². The molecule has 3 saturated heterocycles. The van der Waals surface area contributed by atoms with Gasteiger partial charge in [-0.1, -0.05) is 6.07 Å². The van der Waals surface area contributed by atoms with Gasteiger partial charge in [-0.2, -0.15) is 0 Å². The number of carbonyl (C=O) groups excluding carboxylic acids is 1. The summed E-state index contributed by atoms with van der Waals surface area (Å²) in [5.41, 5.74) is 0.704. The van der Waals surface area contributed by atoms with Crippen LogP contribution in [-0.4, -0.2) is 82.8 Å². The second-order valence-corrected chi connectivity index (χ2v) is 9.19. The van der Waals surface area contributed by atoms with Gasteiger partial charge in [0, 0.05) is 71.4 Å². The predicted molar refractivity (Wildman–Crippen MR) is 120 cm³/mol. The number of hydrogen-bond acceptors (Lipinski definition) is 5. The second-order valence-electron chi connectivity index (χ2n) is 9.19. The number of pyridine rings is 1. The van der Waals surface area contributed by atoms with E-state index in [1.807, 2.05) is 47.1 Å². The van der Waals surface area contributed by atoms with Gasteiger partial charge in [-0.3, -0.25) is 9.69 Å². The molecule has 1 atom stereocenters. The van der Waals surface area contributed by atoms with E-state index in [0.29, 0.717) is 6.04 Å². The van der Waals surface area contributed by atoms with E-state index < -0.39 is 0 Å². The van der Waals surface area contributed by atoms with E-state index in [0.717, 1.165) is 83.1 Å². The monoisotopic (exact) mass is 423 g/mol. The first-order valence-corrected chi connectivity index (χ1v) is 11.6. The van der Waals surface area contributed by atoms with Crippen LogP contribution in [-0.2, 0) is 11.8 Å². The van der Waals surface area contributed by atoms with E-state index >= 15 is 0 Å². The van der Waals surface area contributed by atoms with Crippen molar-refractivity contribution < 1.29 is 9.53 Å². The van der Waals surface area contributed by atoms with Crippen LogP contribution in [0.3, 0.4) is 0 Å². The van der Waals surface area contributed by atoms with Crippen LogP contribution in [0.4, 0.5) is 5.82 Å². The van der Waals surface area contributed by atoms with Gasteiger partial charge in [-0.25, -0.2) is 4.98 Å². The smallest absolute Gasteiger partial charge is 0.270 e. The molecule has 1 spiro atoms. The normalized spacial score (nSPS) is 24.5. The lowest BCUT2D eigenvalue weighted by molar-refractivity contribution is -0.130. The highest BCUT2D eigenvalue weighted by Crippen LogP contribution is 2.37. The van der Waals surface area contributed by atoms with Crippen LogP contribution < -0.4 is 4.90 Å². The molecule has 3 fully saturated rings. The van der Waals surface area contributed by atoms with E-state index in [1.165, 1.54) is 0 Å². The summed E-state index contributed by atoms with van der Waals surface area (Å²) >= 11 is 0. The summed E-state index contributed by atoms with van der Waals surface area (Å²) < 4.78 is 8.28. The Bertz CT molecular complexity index is 882. The van der Waals surface area contributed by atoms with Gasteiger partial charge >= 0.3 is 0 Å². The molecule has 7 nitrogen and oxygen atoms in total. The van der Waals surface area contributed by atoms with Gasteiger partial charge in [0.2, 0.25) is 0 Å². The third-order valence-corrected chi connectivity index (χ3v) is 7.40. The maximum atomic E-state index is 12.9. The maximum absolute atomic E-state index is 12.9. The fourth-order valence-electron chi connectivity index (χ4n) is 5.48. The molecule has 0 bridgehead atoms. The molecule has 0 unspecified atom stereocenters. The third-order valence-electron chi connectivity index (χ3n) is 7.40. The zero-order chi connectivity index (χ0) is 21.3. The number of carbonyl (C=O) groups is 1. The van der Waals surface area contributed by atoms with Crippen molar-refractivity contribution in [2.75, 3.05) is 50.8 Å². The first kappa shape index (κ1) is 20.5. The Morgan fingerprint density at radius 3 is 2.55 bits per heavy atom. The summed E-state index contributed by atoms with van der Waals surface area (Å²) in [6.45, 7) is 6.61. The largest absolute Gasteiger partial charge is 0.375 e. The third kappa shape index (κ3) is 4.21. The van der Waals surface area contributed by atoms with Gasteiger partial charge < -0.3 is 19.1 Å². The highest BCUT2D eigenvalue weighted by Gasteiger charge is 2.43. The lowest BCUT2D eigenvalue weighted by Gasteiger charge is -2.49. The van der Waals surface area contributed by atoms with Gasteiger partial charge in [0.05, 0.1) is 5.60 Å². The molecule has 3 aliphatic heterocycles. The number of ether oxygens (including phenoxy) is 1. The Kier molecular flexibility index (Phi) is 5.71. The summed E-state index contributed by atoms with van der Waals surface area (Å²) in [5.74, 6) is 1.22. The van der Waals surface area contributed by atoms with Gasteiger partial charge in [0.1, 0.15) is 11.5 Å². The topological polar surface area (TPSA) is 53.8 Å². The zero-order valence-corrected chi connectivity index (χ0v) is 18.4. The minimum atomic E-state index is -0.0635. The molecule has 3 aliphatic rings. The number of likely N-dealkylation sites (tertiary alicyclic amines) is 1. The molecule has 0 radical (unpaired) electrons. The van der Waals surface area contributed by atoms with Crippen LogP contribution >= 0.6 is 0 Å². The molecule has 2 aromatic heterocycles. The molecule has 166 valence electrons. The quantitative estimate of drug-likeness (QED) is 0.759. The Hall–Kier alpha value is -2.38. The SMILES string of the molecule is Cn1cccc1C(=O)N1CCC2(CC1)C[C@H](N1CCN(c3ccccn3)CC1)CCO2. The summed E-state index contributed by atoms with van der Waals surface area (Å²) in [6, 6.07) is 10.6. The molecule has 0 saturated carbocycles. The van der Waals surface area contributed by atoms with Crippen molar-refractivity contribution in [3.63, 3.8) is 0 Å². The molecule has 0 aliphatic carbocycles. The fourth-order valence-corrected chi connectivity index (χ4v) is 5.48. The average molecular weight is 424 g/mol. The van der Waals surface area contributed by atoms with E-state index in [1.54, 1.807) is 0 Å². The Labute approximate surface area is 184 Å². The van der Waals surface area contributed by atoms with Crippen molar-refractivity contribution in [1.82, 2.24) is 19.4 Å². The number of aryl methyl sites for hydroxylation is 1. The van der Waals surface area contributed by atoms with Gasteiger partial charge in [0.25, 0.3) is 5.91 Å². The zero-order valence-electron chi connectivity index (χ0n) is 18.4. The van der Waals surface area contributed by atoms with Crippen LogP contribution in [0.5, 0.6) is 0 Å². The van der Waals surface area contributed by atoms with Gasteiger partial charge in [0.15, 0.2) is 0 Å². The number of hydrogen-bond donors (Lipinski definition) is 0. The van der Waals surface area contributed by atoms with Crippen LogP contribution in [0.1, 0.15) is 36.2 Å². The van der Waals surface area contributed by atoms with Crippen molar-refractivity contribution in [3.05, 3.63) is 48.4 Å². The fraction of sp³-hybridized carbons (Fsp3) is 0.583. The Balaban J connectivity index is 1.16. The van der Waals surface area contributed by atoms with Crippen LogP contribution in [0.2, 0.25) is 0 Å². The lowest BCUT2D eigenvalue weighted by Crippen LogP contribution is -2.57. The summed E-state index contributed by atoms with van der Waals surface area (Å²) in [6.07, 6.45) is 7.88. The second kappa shape index (κ2) is 8.63. The van der Waals surface area contributed by atoms with Crippen LogP contribution in [0, 0.1) is 0 Å². The molecular formula is C24H33N5O2. The Morgan fingerprint density at radius 1 is 1.06 bits per heavy atom. The molecule has 0 N–H and O–H groups in total. The van der Waals surface area contributed by atoms with Gasteiger partial charge in [-0.15, -0.1) is 0 Å². The summed E-state index contributed by atoms with van der Waals surface area (Å²) in [4.78, 5) is 24.4. The van der Waals surface area contributed by atoms with E-state index in [-0.39, 0.29) is 11.5 Å². The number of aromatic nitrogens is 2. The lowest BCUT2D eigenvalue weighted by atomic mass is 9.81. The number of rotatable bonds is 3. The molecule has 31 heavy (non-hydrogen) atoms. The molecule has 5 heterocycles. The maximum Gasteiger partial charge on any atom is 0.270 e. The average Bonchev–Trinajstić information content (AvgIpc) is 3.26. The van der Waals surface area contributed by atoms with E-state index in [2.05, 4.69) is 26.9 Å². The number of amides is 1. The first-order chi connectivity index (χ1) is 15.1. The van der Waals surface area contributed by atoms with E-state index in [4.69, 9.17) is 4.74 Å². The minimum absolute atomic E-state index is 0.0635. The standard InChI is InChI=1S/C24H33N5O2/c1-26-11-4-5-21(26)23(30)29-12-8-24(9-13-29)19-20(7-18-31-24)27-14-16-28(17-15-27)22-6-2-3-10-25-22/h2-6,10-11,20H,7-9,12-19H2,1H3/t20-/m1/s1. The number of anilines is 1. The van der Waals surface area contributed by atoms with Crippen LogP contribution in [0.15, 0.2) is 42.7 Å². The van der Waals surface area contributed by atoms with E-state index in [9.17, 15) is 4.79 Å². The number of nitrogens with zero attached hydrogens (tertiary/aromatic N) is 5. The first-order valence-electron chi connectivity index (χ1n) is 11.6. The summed E-state index contributed by atoms with van der Waals surface area (Å²) in [7, 11) is 1.93. The van der Waals surface area contributed by atoms with Crippen molar-refractivity contribution in [3.8, 4) is 0 Å². The van der Waals surface area contributed by atoms with Crippen molar-refractivity contribution >= 4 is 11.7 Å². The molecule has 5 rings (SSSR count). The molecule has 0 aromatic carbocycles. The number of piperidine rings is 1. The number of piperazine rings is 1. The van der Waals surface area contributed by atoms with Crippen molar-refractivity contribution in [2.45, 2.75) is 37.3 Å².